The van der Waals surface area contributed by atoms with Gasteiger partial charge in [0, 0.05) is 0 Å². The molecular weight excluding hydrogens is 232 g/mol. The Morgan fingerprint density at radius 3 is 2.50 bits per heavy atom. The Balaban J connectivity index is 2.60. The van der Waals surface area contributed by atoms with E-state index in [0.29, 0.717) is 11.0 Å². The van der Waals surface area contributed by atoms with Gasteiger partial charge in [-0.05, 0) is 24.3 Å². The van der Waals surface area contributed by atoms with Crippen LogP contribution >= 0.6 is 0 Å². The number of para-hydroxylation sites is 2. The Morgan fingerprint density at radius 2 is 1.72 bits per heavy atom. The molecule has 0 radical (unpaired) electrons. The van der Waals surface area contributed by atoms with Gasteiger partial charge in [-0.3, -0.25) is 4.79 Å². The highest BCUT2D eigenvalue weighted by Gasteiger charge is 2.14. The van der Waals surface area contributed by atoms with Gasteiger partial charge >= 0.3 is 5.97 Å². The van der Waals surface area contributed by atoms with Crippen LogP contribution in [-0.4, -0.2) is 11.1 Å². The molecule has 4 heteroatoms. The van der Waals surface area contributed by atoms with Crippen LogP contribution in [-0.2, 0) is 0 Å². The van der Waals surface area contributed by atoms with Gasteiger partial charge in [-0.2, -0.15) is 0 Å². The highest BCUT2D eigenvalue weighted by molar-refractivity contribution is 6.03. The smallest absolute Gasteiger partial charge is 0.339 e. The highest BCUT2D eigenvalue weighted by atomic mass is 16.4. The Morgan fingerprint density at radius 1 is 1.00 bits per heavy atom. The molecule has 0 aliphatic rings. The number of carboxylic acids is 1. The molecule has 1 heterocycles. The van der Waals surface area contributed by atoms with Gasteiger partial charge in [0.1, 0.15) is 11.1 Å². The van der Waals surface area contributed by atoms with Crippen LogP contribution in [0, 0.1) is 0 Å². The van der Waals surface area contributed by atoms with E-state index >= 15 is 0 Å². The van der Waals surface area contributed by atoms with E-state index in [9.17, 15) is 9.59 Å². The van der Waals surface area contributed by atoms with Gasteiger partial charge in [0.15, 0.2) is 5.58 Å². The highest BCUT2D eigenvalue weighted by Crippen LogP contribution is 2.21. The first kappa shape index (κ1) is 10.5. The molecule has 0 aliphatic heterocycles. The molecule has 0 atom stereocenters. The zero-order valence-electron chi connectivity index (χ0n) is 9.21. The lowest BCUT2D eigenvalue weighted by molar-refractivity contribution is 0.0698. The van der Waals surface area contributed by atoms with E-state index in [4.69, 9.17) is 9.52 Å². The van der Waals surface area contributed by atoms with E-state index in [1.165, 1.54) is 12.1 Å². The molecule has 1 aromatic heterocycles. The fourth-order valence-corrected chi connectivity index (χ4v) is 1.99. The largest absolute Gasteiger partial charge is 0.478 e. The molecule has 1 N–H and O–H groups in total. The van der Waals surface area contributed by atoms with Crippen molar-refractivity contribution in [2.45, 2.75) is 0 Å². The van der Waals surface area contributed by atoms with Crippen LogP contribution in [0.1, 0.15) is 10.4 Å². The van der Waals surface area contributed by atoms with E-state index in [2.05, 4.69) is 0 Å². The number of aromatic carboxylic acids is 1. The molecule has 2 aromatic carbocycles. The predicted octanol–water partition coefficient (Wildman–Crippen LogP) is 2.64. The minimum Gasteiger partial charge on any atom is -0.478 e. The maximum atomic E-state index is 12.2. The number of hydrogen-bond donors (Lipinski definition) is 1. The fourth-order valence-electron chi connectivity index (χ4n) is 1.99. The van der Waals surface area contributed by atoms with Crippen molar-refractivity contribution < 1.29 is 14.3 Å². The van der Waals surface area contributed by atoms with E-state index in [-0.39, 0.29) is 22.0 Å². The molecule has 3 rings (SSSR count). The van der Waals surface area contributed by atoms with E-state index in [0.717, 1.165) is 0 Å². The van der Waals surface area contributed by atoms with Crippen molar-refractivity contribution in [2.24, 2.45) is 0 Å². The van der Waals surface area contributed by atoms with Crippen LogP contribution < -0.4 is 5.43 Å². The Kier molecular flexibility index (Phi) is 2.16. The van der Waals surface area contributed by atoms with Gasteiger partial charge in [-0.1, -0.05) is 18.2 Å². The van der Waals surface area contributed by atoms with Crippen molar-refractivity contribution in [1.82, 2.24) is 0 Å². The number of fused-ring (bicyclic) bond motifs is 2. The summed E-state index contributed by atoms with van der Waals surface area (Å²) in [5.41, 5.74) is 0.294. The predicted molar refractivity (Wildman–Crippen MR) is 66.9 cm³/mol. The maximum Gasteiger partial charge on any atom is 0.339 e. The van der Waals surface area contributed by atoms with Gasteiger partial charge < -0.3 is 9.52 Å². The monoisotopic (exact) mass is 240 g/mol. The lowest BCUT2D eigenvalue weighted by atomic mass is 10.1. The van der Waals surface area contributed by atoms with E-state index in [1.807, 2.05) is 0 Å². The summed E-state index contributed by atoms with van der Waals surface area (Å²) in [7, 11) is 0. The number of benzene rings is 2. The summed E-state index contributed by atoms with van der Waals surface area (Å²) in [6, 6.07) is 11.3. The summed E-state index contributed by atoms with van der Waals surface area (Å²) in [4.78, 5) is 23.3. The van der Waals surface area contributed by atoms with Crippen LogP contribution in [0.2, 0.25) is 0 Å². The summed E-state index contributed by atoms with van der Waals surface area (Å²) in [5.74, 6) is -1.11. The molecule has 0 spiro atoms. The second-order valence-corrected chi connectivity index (χ2v) is 3.91. The summed E-state index contributed by atoms with van der Waals surface area (Å²) in [6.45, 7) is 0. The zero-order chi connectivity index (χ0) is 12.7. The third-order valence-corrected chi connectivity index (χ3v) is 2.83. The molecule has 0 saturated carbocycles. The van der Waals surface area contributed by atoms with Crippen LogP contribution in [0.25, 0.3) is 21.9 Å². The second-order valence-electron chi connectivity index (χ2n) is 3.91. The normalized spacial score (nSPS) is 10.9. The number of carbonyl (C=O) groups is 1. The van der Waals surface area contributed by atoms with Gasteiger partial charge in [0.05, 0.1) is 10.8 Å². The molecule has 0 aliphatic carbocycles. The maximum absolute atomic E-state index is 12.2. The molecule has 0 amide bonds. The summed E-state index contributed by atoms with van der Waals surface area (Å²) in [6.07, 6.45) is 0. The zero-order valence-corrected chi connectivity index (χ0v) is 9.21. The molecule has 0 bridgehead atoms. The Bertz CT molecular complexity index is 830. The average Bonchev–Trinajstić information content (AvgIpc) is 2.38. The second kappa shape index (κ2) is 3.70. The van der Waals surface area contributed by atoms with Crippen molar-refractivity contribution >= 4 is 27.9 Å². The van der Waals surface area contributed by atoms with Gasteiger partial charge in [-0.15, -0.1) is 0 Å². The van der Waals surface area contributed by atoms with Gasteiger partial charge in [0.25, 0.3) is 0 Å². The standard InChI is InChI=1S/C14H8O4/c15-12-8-4-1-2-7-11(8)18-13-9(12)5-3-6-10(13)14(16)17/h1-7H,(H,16,17). The van der Waals surface area contributed by atoms with Crippen molar-refractivity contribution in [3.63, 3.8) is 0 Å². The lowest BCUT2D eigenvalue weighted by Crippen LogP contribution is -2.05. The quantitative estimate of drug-likeness (QED) is 0.664. The van der Waals surface area contributed by atoms with Gasteiger partial charge in [0.2, 0.25) is 5.43 Å². The SMILES string of the molecule is O=C(O)c1cccc2c(=O)c3ccccc3oc12. The Hall–Kier alpha value is -2.62. The van der Waals surface area contributed by atoms with Crippen LogP contribution in [0.5, 0.6) is 0 Å². The summed E-state index contributed by atoms with van der Waals surface area (Å²) < 4.78 is 5.54. The third-order valence-electron chi connectivity index (χ3n) is 2.83. The first-order valence-electron chi connectivity index (χ1n) is 5.36. The molecule has 18 heavy (non-hydrogen) atoms. The van der Waals surface area contributed by atoms with Crippen molar-refractivity contribution in [2.75, 3.05) is 0 Å². The van der Waals surface area contributed by atoms with Crippen molar-refractivity contribution in [1.29, 1.82) is 0 Å². The fraction of sp³-hybridized carbons (Fsp3) is 0. The molecule has 0 saturated heterocycles. The van der Waals surface area contributed by atoms with Crippen LogP contribution in [0.4, 0.5) is 0 Å². The molecular formula is C14H8O4. The number of carboxylic acid groups (broad SMARTS) is 1. The minimum absolute atomic E-state index is 0.00430. The topological polar surface area (TPSA) is 67.5 Å². The third kappa shape index (κ3) is 1.39. The summed E-state index contributed by atoms with van der Waals surface area (Å²) >= 11 is 0. The molecule has 88 valence electrons. The molecule has 4 nitrogen and oxygen atoms in total. The number of rotatable bonds is 1. The van der Waals surface area contributed by atoms with Crippen molar-refractivity contribution in [3.8, 4) is 0 Å². The minimum atomic E-state index is -1.11. The molecule has 0 unspecified atom stereocenters. The first-order valence-corrected chi connectivity index (χ1v) is 5.36. The molecule has 0 fully saturated rings. The van der Waals surface area contributed by atoms with E-state index < -0.39 is 5.97 Å². The van der Waals surface area contributed by atoms with Crippen molar-refractivity contribution in [3.05, 3.63) is 58.3 Å². The first-order chi connectivity index (χ1) is 8.68. The number of hydrogen-bond acceptors (Lipinski definition) is 3. The van der Waals surface area contributed by atoms with Crippen LogP contribution in [0.15, 0.2) is 51.7 Å². The molecule has 3 aromatic rings. The lowest BCUT2D eigenvalue weighted by Gasteiger charge is -2.03. The Labute approximate surface area is 101 Å². The average molecular weight is 240 g/mol. The van der Waals surface area contributed by atoms with E-state index in [1.54, 1.807) is 30.3 Å². The van der Waals surface area contributed by atoms with Crippen LogP contribution in [0.3, 0.4) is 0 Å². The van der Waals surface area contributed by atoms with Gasteiger partial charge in [-0.25, -0.2) is 4.79 Å². The summed E-state index contributed by atoms with van der Waals surface area (Å²) in [5, 5.41) is 9.82.